The van der Waals surface area contributed by atoms with Crippen LogP contribution in [0.2, 0.25) is 5.02 Å². The molecule has 4 aromatic rings. The second-order valence-corrected chi connectivity index (χ2v) is 13.1. The SMILES string of the molecule is CCOC(=O)c1ccc(N2C(=O)C3Sc4c(sc(=O)n4CC(=O)Nc4ccc(Cl)cc4)[C@@H](c4cccs4)C3C2=O)cc1. The molecule has 4 heterocycles. The van der Waals surface area contributed by atoms with Gasteiger partial charge in [-0.3, -0.25) is 23.7 Å². The summed E-state index contributed by atoms with van der Waals surface area (Å²) in [5.41, 5.74) is 1.19. The average molecular weight is 640 g/mol. The molecule has 6 rings (SSSR count). The molecule has 1 N–H and O–H groups in total. The van der Waals surface area contributed by atoms with Gasteiger partial charge in [0.1, 0.15) is 11.8 Å². The highest BCUT2D eigenvalue weighted by molar-refractivity contribution is 8.00. The number of imide groups is 1. The number of thioether (sulfide) groups is 1. The van der Waals surface area contributed by atoms with Crippen molar-refractivity contribution in [2.45, 2.75) is 29.7 Å². The van der Waals surface area contributed by atoms with E-state index in [0.717, 1.165) is 32.9 Å². The number of rotatable bonds is 7. The van der Waals surface area contributed by atoms with Crippen molar-refractivity contribution in [3.8, 4) is 0 Å². The molecule has 13 heteroatoms. The molecule has 1 saturated heterocycles. The fourth-order valence-electron chi connectivity index (χ4n) is 5.12. The minimum Gasteiger partial charge on any atom is -0.462 e. The molecule has 1 fully saturated rings. The van der Waals surface area contributed by atoms with Crippen LogP contribution in [0.25, 0.3) is 0 Å². The van der Waals surface area contributed by atoms with Crippen LogP contribution in [0.1, 0.15) is 33.0 Å². The molecule has 2 aromatic heterocycles. The molecule has 0 aliphatic carbocycles. The van der Waals surface area contributed by atoms with Crippen molar-refractivity contribution in [1.82, 2.24) is 4.57 Å². The van der Waals surface area contributed by atoms with Crippen LogP contribution in [0.3, 0.4) is 0 Å². The number of nitrogens with zero attached hydrogens (tertiary/aromatic N) is 2. The maximum Gasteiger partial charge on any atom is 0.338 e. The highest BCUT2D eigenvalue weighted by Crippen LogP contribution is 2.54. The van der Waals surface area contributed by atoms with Gasteiger partial charge in [0.15, 0.2) is 0 Å². The van der Waals surface area contributed by atoms with Crippen LogP contribution in [-0.2, 0) is 25.7 Å². The Bertz CT molecular complexity index is 1750. The highest BCUT2D eigenvalue weighted by atomic mass is 35.5. The third-order valence-corrected chi connectivity index (χ3v) is 10.8. The van der Waals surface area contributed by atoms with E-state index in [1.807, 2.05) is 17.5 Å². The summed E-state index contributed by atoms with van der Waals surface area (Å²) < 4.78 is 6.41. The number of ether oxygens (including phenoxy) is 1. The van der Waals surface area contributed by atoms with Crippen LogP contribution in [0.15, 0.2) is 75.9 Å². The first-order valence-corrected chi connectivity index (χ1v) is 15.9. The maximum atomic E-state index is 13.9. The van der Waals surface area contributed by atoms with E-state index in [-0.39, 0.29) is 23.9 Å². The zero-order valence-electron chi connectivity index (χ0n) is 21.9. The Balaban J connectivity index is 1.34. The van der Waals surface area contributed by atoms with E-state index in [4.69, 9.17) is 16.3 Å². The van der Waals surface area contributed by atoms with Gasteiger partial charge < -0.3 is 10.1 Å². The Morgan fingerprint density at radius 1 is 1.00 bits per heavy atom. The molecule has 9 nitrogen and oxygen atoms in total. The van der Waals surface area contributed by atoms with E-state index in [1.54, 1.807) is 43.3 Å². The number of halogens is 1. The monoisotopic (exact) mass is 639 g/mol. The predicted molar refractivity (Wildman–Crippen MR) is 163 cm³/mol. The first-order chi connectivity index (χ1) is 20.3. The molecule has 0 radical (unpaired) electrons. The molecule has 3 atom stereocenters. The van der Waals surface area contributed by atoms with Crippen LogP contribution < -0.4 is 15.1 Å². The summed E-state index contributed by atoms with van der Waals surface area (Å²) in [5.74, 6) is -2.96. The van der Waals surface area contributed by atoms with Crippen LogP contribution in [0, 0.1) is 5.92 Å². The number of esters is 1. The van der Waals surface area contributed by atoms with Gasteiger partial charge in [-0.1, -0.05) is 40.8 Å². The van der Waals surface area contributed by atoms with Crippen LogP contribution in [0.4, 0.5) is 11.4 Å². The number of anilines is 2. The number of hydrogen-bond donors (Lipinski definition) is 1. The van der Waals surface area contributed by atoms with E-state index < -0.39 is 34.9 Å². The van der Waals surface area contributed by atoms with Gasteiger partial charge in [0.25, 0.3) is 0 Å². The van der Waals surface area contributed by atoms with Gasteiger partial charge in [-0.25, -0.2) is 9.69 Å². The number of aromatic nitrogens is 1. The number of carbonyl (C=O) groups is 4. The number of thiophene rings is 1. The van der Waals surface area contributed by atoms with E-state index in [0.29, 0.717) is 31.9 Å². The van der Waals surface area contributed by atoms with Crippen molar-refractivity contribution in [1.29, 1.82) is 0 Å². The number of benzene rings is 2. The fraction of sp³-hybridized carbons (Fsp3) is 0.207. The van der Waals surface area contributed by atoms with Gasteiger partial charge in [-0.15, -0.1) is 11.3 Å². The third kappa shape index (κ3) is 5.08. The molecule has 0 bridgehead atoms. The molecule has 3 amide bonds. The second-order valence-electron chi connectivity index (χ2n) is 9.52. The fourth-order valence-corrected chi connectivity index (χ4v) is 8.97. The van der Waals surface area contributed by atoms with E-state index in [9.17, 15) is 24.0 Å². The molecule has 2 unspecified atom stereocenters. The van der Waals surface area contributed by atoms with Gasteiger partial charge in [-0.2, -0.15) is 0 Å². The number of amides is 3. The molecule has 42 heavy (non-hydrogen) atoms. The maximum absolute atomic E-state index is 13.9. The van der Waals surface area contributed by atoms with Crippen molar-refractivity contribution in [2.24, 2.45) is 5.92 Å². The number of nitrogens with one attached hydrogen (secondary N) is 1. The summed E-state index contributed by atoms with van der Waals surface area (Å²) >= 11 is 9.52. The minimum atomic E-state index is -0.804. The summed E-state index contributed by atoms with van der Waals surface area (Å²) in [6, 6.07) is 16.5. The highest BCUT2D eigenvalue weighted by Gasteiger charge is 2.57. The summed E-state index contributed by atoms with van der Waals surface area (Å²) in [6.07, 6.45) is 0. The zero-order chi connectivity index (χ0) is 29.5. The summed E-state index contributed by atoms with van der Waals surface area (Å²) in [7, 11) is 0. The topological polar surface area (TPSA) is 115 Å². The summed E-state index contributed by atoms with van der Waals surface area (Å²) in [6.45, 7) is 1.68. The first-order valence-electron chi connectivity index (χ1n) is 12.9. The zero-order valence-corrected chi connectivity index (χ0v) is 25.1. The second kappa shape index (κ2) is 11.5. The van der Waals surface area contributed by atoms with Crippen molar-refractivity contribution in [2.75, 3.05) is 16.8 Å². The van der Waals surface area contributed by atoms with Crippen LogP contribution in [0.5, 0.6) is 0 Å². The van der Waals surface area contributed by atoms with E-state index >= 15 is 0 Å². The Morgan fingerprint density at radius 3 is 2.40 bits per heavy atom. The van der Waals surface area contributed by atoms with E-state index in [1.165, 1.54) is 28.0 Å². The number of hydrogen-bond acceptors (Lipinski definition) is 9. The summed E-state index contributed by atoms with van der Waals surface area (Å²) in [5, 5.41) is 4.89. The Kier molecular flexibility index (Phi) is 7.79. The smallest absolute Gasteiger partial charge is 0.338 e. The lowest BCUT2D eigenvalue weighted by Gasteiger charge is -2.29. The largest absolute Gasteiger partial charge is 0.462 e. The van der Waals surface area contributed by atoms with Crippen LogP contribution >= 0.6 is 46.0 Å². The Morgan fingerprint density at radius 2 is 1.74 bits per heavy atom. The van der Waals surface area contributed by atoms with E-state index in [2.05, 4.69) is 5.32 Å². The predicted octanol–water partition coefficient (Wildman–Crippen LogP) is 5.24. The Labute approximate surface area is 257 Å². The number of thiazole rings is 1. The van der Waals surface area contributed by atoms with Gasteiger partial charge in [0.2, 0.25) is 17.7 Å². The van der Waals surface area contributed by atoms with Gasteiger partial charge in [0, 0.05) is 26.4 Å². The normalized spacial score (nSPS) is 19.4. The van der Waals surface area contributed by atoms with Gasteiger partial charge in [0.05, 0.1) is 28.8 Å². The quantitative estimate of drug-likeness (QED) is 0.217. The van der Waals surface area contributed by atoms with Crippen LogP contribution in [-0.4, -0.2) is 40.1 Å². The van der Waals surface area contributed by atoms with Crippen molar-refractivity contribution in [3.63, 3.8) is 0 Å². The molecular weight excluding hydrogens is 618 g/mol. The molecule has 2 aliphatic rings. The number of carbonyl (C=O) groups excluding carboxylic acids is 4. The lowest BCUT2D eigenvalue weighted by molar-refractivity contribution is -0.122. The third-order valence-electron chi connectivity index (χ3n) is 6.97. The van der Waals surface area contributed by atoms with Crippen molar-refractivity contribution >= 4 is 81.1 Å². The molecule has 0 saturated carbocycles. The standard InChI is InChI=1S/C29H22ClN3O6S3/c1-2-39-28(37)15-5-11-18(12-6-15)33-25(35)22-21(19-4-3-13-40-19)24-27(41-23(22)26(33)36)32(29(38)42-24)14-20(34)31-17-9-7-16(30)8-10-17/h3-13,21-23H,2,14H2,1H3,(H,31,34)/t21-,22?,23?/m0/s1. The average Bonchev–Trinajstić information content (AvgIpc) is 3.67. The molecule has 2 aliphatic heterocycles. The van der Waals surface area contributed by atoms with Gasteiger partial charge in [-0.05, 0) is 66.9 Å². The lowest BCUT2D eigenvalue weighted by Crippen LogP contribution is -2.32. The summed E-state index contributed by atoms with van der Waals surface area (Å²) in [4.78, 5) is 68.3. The molecule has 214 valence electrons. The molecular formula is C29H22ClN3O6S3. The van der Waals surface area contributed by atoms with Crippen molar-refractivity contribution < 1.29 is 23.9 Å². The molecule has 0 spiro atoms. The molecule has 2 aromatic carbocycles. The first kappa shape index (κ1) is 28.4. The lowest BCUT2D eigenvalue weighted by atomic mass is 9.87. The van der Waals surface area contributed by atoms with Crippen molar-refractivity contribution in [3.05, 3.63) is 96.1 Å². The number of fused-ring (bicyclic) bond motifs is 2. The van der Waals surface area contributed by atoms with Gasteiger partial charge >= 0.3 is 10.8 Å². The minimum absolute atomic E-state index is 0.229. The Hall–Kier alpha value is -3.71.